The number of rotatable bonds is 5. The van der Waals surface area contributed by atoms with Gasteiger partial charge < -0.3 is 5.32 Å². The Labute approximate surface area is 112 Å². The molecule has 100 valence electrons. The molecule has 5 heteroatoms. The second-order valence-electron chi connectivity index (χ2n) is 4.81. The molecule has 0 saturated carbocycles. The van der Waals surface area contributed by atoms with Crippen LogP contribution in [-0.4, -0.2) is 27.0 Å². The Kier molecular flexibility index (Phi) is 4.28. The van der Waals surface area contributed by atoms with E-state index >= 15 is 0 Å². The van der Waals surface area contributed by atoms with Crippen LogP contribution >= 0.6 is 0 Å². The molecule has 19 heavy (non-hydrogen) atoms. The number of amides is 1. The van der Waals surface area contributed by atoms with Gasteiger partial charge in [0.25, 0.3) is 5.91 Å². The lowest BCUT2D eigenvalue weighted by molar-refractivity contribution is 0.0951. The lowest BCUT2D eigenvalue weighted by Crippen LogP contribution is -2.25. The van der Waals surface area contributed by atoms with Gasteiger partial charge in [-0.2, -0.15) is 0 Å². The molecule has 1 amide bonds. The molecule has 5 nitrogen and oxygen atoms in total. The average Bonchev–Trinajstić information content (AvgIpc) is 2.92. The molecule has 2 aromatic rings. The SMILES string of the molecule is CC(C)CCNC(=O)c1ccc(-n2ccnc2)nc1. The summed E-state index contributed by atoms with van der Waals surface area (Å²) >= 11 is 0. The summed E-state index contributed by atoms with van der Waals surface area (Å²) in [6.07, 6.45) is 7.73. The number of nitrogens with one attached hydrogen (secondary N) is 1. The molecule has 0 aliphatic rings. The Morgan fingerprint density at radius 2 is 2.26 bits per heavy atom. The van der Waals surface area contributed by atoms with Crippen LogP contribution in [0.5, 0.6) is 0 Å². The summed E-state index contributed by atoms with van der Waals surface area (Å²) in [5, 5.41) is 2.89. The lowest BCUT2D eigenvalue weighted by Gasteiger charge is -2.07. The van der Waals surface area contributed by atoms with Gasteiger partial charge in [0.2, 0.25) is 0 Å². The number of hydrogen-bond donors (Lipinski definition) is 1. The van der Waals surface area contributed by atoms with Crippen LogP contribution in [0.4, 0.5) is 0 Å². The molecule has 0 aliphatic heterocycles. The van der Waals surface area contributed by atoms with Gasteiger partial charge in [-0.3, -0.25) is 9.36 Å². The van der Waals surface area contributed by atoms with Crippen LogP contribution in [0.1, 0.15) is 30.6 Å². The van der Waals surface area contributed by atoms with Crippen molar-refractivity contribution in [2.75, 3.05) is 6.54 Å². The van der Waals surface area contributed by atoms with E-state index < -0.39 is 0 Å². The van der Waals surface area contributed by atoms with Gasteiger partial charge in [-0.25, -0.2) is 9.97 Å². The third kappa shape index (κ3) is 3.64. The highest BCUT2D eigenvalue weighted by Crippen LogP contribution is 2.05. The third-order valence-electron chi connectivity index (χ3n) is 2.79. The molecule has 0 aliphatic carbocycles. The second kappa shape index (κ2) is 6.13. The number of aromatic nitrogens is 3. The summed E-state index contributed by atoms with van der Waals surface area (Å²) in [5.41, 5.74) is 0.577. The van der Waals surface area contributed by atoms with Crippen molar-refractivity contribution in [2.45, 2.75) is 20.3 Å². The zero-order chi connectivity index (χ0) is 13.7. The summed E-state index contributed by atoms with van der Waals surface area (Å²) in [6.45, 7) is 4.96. The van der Waals surface area contributed by atoms with E-state index in [1.807, 2.05) is 6.20 Å². The molecule has 0 atom stereocenters. The van der Waals surface area contributed by atoms with Crippen molar-refractivity contribution in [1.82, 2.24) is 19.9 Å². The van der Waals surface area contributed by atoms with Crippen LogP contribution in [0, 0.1) is 5.92 Å². The quantitative estimate of drug-likeness (QED) is 0.892. The highest BCUT2D eigenvalue weighted by atomic mass is 16.1. The fourth-order valence-corrected chi connectivity index (χ4v) is 1.64. The Morgan fingerprint density at radius 3 is 2.84 bits per heavy atom. The van der Waals surface area contributed by atoms with Crippen molar-refractivity contribution in [3.8, 4) is 5.82 Å². The summed E-state index contributed by atoms with van der Waals surface area (Å²) in [5.74, 6) is 1.25. The van der Waals surface area contributed by atoms with E-state index in [0.29, 0.717) is 18.0 Å². The molecule has 2 rings (SSSR count). The third-order valence-corrected chi connectivity index (χ3v) is 2.79. The van der Waals surface area contributed by atoms with Crippen LogP contribution in [0.25, 0.3) is 5.82 Å². The Morgan fingerprint density at radius 1 is 1.42 bits per heavy atom. The van der Waals surface area contributed by atoms with Gasteiger partial charge >= 0.3 is 0 Å². The molecule has 1 N–H and O–H groups in total. The minimum Gasteiger partial charge on any atom is -0.352 e. The van der Waals surface area contributed by atoms with E-state index in [-0.39, 0.29) is 5.91 Å². The average molecular weight is 258 g/mol. The predicted molar refractivity (Wildman–Crippen MR) is 73.1 cm³/mol. The molecule has 0 aromatic carbocycles. The zero-order valence-corrected chi connectivity index (χ0v) is 11.2. The van der Waals surface area contributed by atoms with Crippen LogP contribution in [0.3, 0.4) is 0 Å². The van der Waals surface area contributed by atoms with Gasteiger partial charge in [0.1, 0.15) is 12.1 Å². The van der Waals surface area contributed by atoms with Crippen molar-refractivity contribution in [3.05, 3.63) is 42.6 Å². The van der Waals surface area contributed by atoms with Gasteiger partial charge in [0.05, 0.1) is 5.56 Å². The molecule has 2 aromatic heterocycles. The maximum Gasteiger partial charge on any atom is 0.252 e. The fourth-order valence-electron chi connectivity index (χ4n) is 1.64. The van der Waals surface area contributed by atoms with E-state index in [9.17, 15) is 4.79 Å². The smallest absolute Gasteiger partial charge is 0.252 e. The molecule has 0 radical (unpaired) electrons. The minimum atomic E-state index is -0.0784. The number of pyridine rings is 1. The topological polar surface area (TPSA) is 59.8 Å². The van der Waals surface area contributed by atoms with E-state index in [2.05, 4.69) is 29.1 Å². The summed E-state index contributed by atoms with van der Waals surface area (Å²) in [6, 6.07) is 3.58. The highest BCUT2D eigenvalue weighted by Gasteiger charge is 2.06. The molecule has 2 heterocycles. The molecule has 0 unspecified atom stereocenters. The summed E-state index contributed by atoms with van der Waals surface area (Å²) < 4.78 is 1.79. The van der Waals surface area contributed by atoms with E-state index in [4.69, 9.17) is 0 Å². The van der Waals surface area contributed by atoms with Crippen LogP contribution in [0.15, 0.2) is 37.1 Å². The Balaban J connectivity index is 1.96. The normalized spacial score (nSPS) is 10.7. The first-order valence-corrected chi connectivity index (χ1v) is 6.39. The Bertz CT molecular complexity index is 517. The first-order chi connectivity index (χ1) is 9.16. The van der Waals surface area contributed by atoms with Gasteiger partial charge in [-0.05, 0) is 24.5 Å². The second-order valence-corrected chi connectivity index (χ2v) is 4.81. The molecule has 0 spiro atoms. The van der Waals surface area contributed by atoms with Crippen molar-refractivity contribution in [1.29, 1.82) is 0 Å². The number of carbonyl (C=O) groups is 1. The van der Waals surface area contributed by atoms with E-state index in [1.54, 1.807) is 35.4 Å². The Hall–Kier alpha value is -2.17. The van der Waals surface area contributed by atoms with Crippen molar-refractivity contribution in [3.63, 3.8) is 0 Å². The van der Waals surface area contributed by atoms with Gasteiger partial charge in [0, 0.05) is 25.1 Å². The molecule has 0 saturated heterocycles. The van der Waals surface area contributed by atoms with Gasteiger partial charge in [-0.1, -0.05) is 13.8 Å². The zero-order valence-electron chi connectivity index (χ0n) is 11.2. The monoisotopic (exact) mass is 258 g/mol. The van der Waals surface area contributed by atoms with E-state index in [1.165, 1.54) is 0 Å². The molecule has 0 bridgehead atoms. The van der Waals surface area contributed by atoms with Gasteiger partial charge in [0.15, 0.2) is 0 Å². The first kappa shape index (κ1) is 13.3. The van der Waals surface area contributed by atoms with Gasteiger partial charge in [-0.15, -0.1) is 0 Å². The van der Waals surface area contributed by atoms with Crippen molar-refractivity contribution >= 4 is 5.91 Å². The molecular weight excluding hydrogens is 240 g/mol. The molecular formula is C14H18N4O. The van der Waals surface area contributed by atoms with Crippen LogP contribution < -0.4 is 5.32 Å². The fraction of sp³-hybridized carbons (Fsp3) is 0.357. The largest absolute Gasteiger partial charge is 0.352 e. The maximum absolute atomic E-state index is 11.9. The number of carbonyl (C=O) groups excluding carboxylic acids is 1. The summed E-state index contributed by atoms with van der Waals surface area (Å²) in [7, 11) is 0. The summed E-state index contributed by atoms with van der Waals surface area (Å²) in [4.78, 5) is 20.1. The number of nitrogens with zero attached hydrogens (tertiary/aromatic N) is 3. The van der Waals surface area contributed by atoms with Crippen molar-refractivity contribution < 1.29 is 4.79 Å². The molecule has 0 fully saturated rings. The minimum absolute atomic E-state index is 0.0784. The van der Waals surface area contributed by atoms with Crippen molar-refractivity contribution in [2.24, 2.45) is 5.92 Å². The predicted octanol–water partition coefficient (Wildman–Crippen LogP) is 2.04. The maximum atomic E-state index is 11.9. The standard InChI is InChI=1S/C14H18N4O/c1-11(2)5-6-16-14(19)12-3-4-13(17-9-12)18-8-7-15-10-18/h3-4,7-11H,5-6H2,1-2H3,(H,16,19). The highest BCUT2D eigenvalue weighted by molar-refractivity contribution is 5.93. The number of imidazole rings is 1. The lowest BCUT2D eigenvalue weighted by atomic mass is 10.1. The van der Waals surface area contributed by atoms with Crippen LogP contribution in [-0.2, 0) is 0 Å². The van der Waals surface area contributed by atoms with Crippen LogP contribution in [0.2, 0.25) is 0 Å². The number of hydrogen-bond acceptors (Lipinski definition) is 3. The van der Waals surface area contributed by atoms with E-state index in [0.717, 1.165) is 12.2 Å². The first-order valence-electron chi connectivity index (χ1n) is 6.39.